The standard InChI is InChI=1S/C9H18N2O/c12-8-3-1-2-6-10-9-5-4-7-11-9/h12H,1-8H2,(H,10,11). The molecule has 0 bridgehead atoms. The number of nitrogens with one attached hydrogen (secondary N) is 1. The van der Waals surface area contributed by atoms with Crippen LogP contribution in [-0.4, -0.2) is 30.6 Å². The first-order chi connectivity index (χ1) is 5.93. The van der Waals surface area contributed by atoms with Gasteiger partial charge in [-0.25, -0.2) is 0 Å². The first kappa shape index (κ1) is 9.52. The van der Waals surface area contributed by atoms with E-state index in [0.29, 0.717) is 6.61 Å². The number of hydrogen-bond donors (Lipinski definition) is 2. The minimum atomic E-state index is 0.320. The normalized spacial score (nSPS) is 16.2. The van der Waals surface area contributed by atoms with Gasteiger partial charge in [-0.3, -0.25) is 4.99 Å². The van der Waals surface area contributed by atoms with Gasteiger partial charge >= 0.3 is 0 Å². The van der Waals surface area contributed by atoms with Crippen molar-refractivity contribution < 1.29 is 5.11 Å². The Morgan fingerprint density at radius 2 is 2.25 bits per heavy atom. The Bertz CT molecular complexity index is 145. The number of amidine groups is 1. The highest BCUT2D eigenvalue weighted by Crippen LogP contribution is 2.01. The van der Waals surface area contributed by atoms with Gasteiger partial charge in [-0.2, -0.15) is 0 Å². The summed E-state index contributed by atoms with van der Waals surface area (Å²) >= 11 is 0. The van der Waals surface area contributed by atoms with Gasteiger partial charge in [0.1, 0.15) is 0 Å². The van der Waals surface area contributed by atoms with Gasteiger partial charge in [-0.15, -0.1) is 0 Å². The second-order valence-corrected chi connectivity index (χ2v) is 3.14. The average molecular weight is 170 g/mol. The van der Waals surface area contributed by atoms with Crippen LogP contribution in [0.4, 0.5) is 0 Å². The lowest BCUT2D eigenvalue weighted by Gasteiger charge is -2.04. The molecule has 1 heterocycles. The molecule has 0 saturated heterocycles. The molecule has 0 unspecified atom stereocenters. The van der Waals surface area contributed by atoms with E-state index in [4.69, 9.17) is 5.11 Å². The van der Waals surface area contributed by atoms with E-state index in [-0.39, 0.29) is 0 Å². The Hall–Kier alpha value is -0.570. The average Bonchev–Trinajstić information content (AvgIpc) is 2.57. The fourth-order valence-electron chi connectivity index (χ4n) is 1.33. The molecular formula is C9H18N2O. The van der Waals surface area contributed by atoms with Gasteiger partial charge in [-0.1, -0.05) is 0 Å². The minimum absolute atomic E-state index is 0.320. The summed E-state index contributed by atoms with van der Waals surface area (Å²) in [6.45, 7) is 2.33. The molecule has 1 aliphatic rings. The van der Waals surface area contributed by atoms with Crippen LogP contribution < -0.4 is 5.32 Å². The first-order valence-electron chi connectivity index (χ1n) is 4.81. The van der Waals surface area contributed by atoms with Crippen LogP contribution in [-0.2, 0) is 0 Å². The molecule has 0 radical (unpaired) electrons. The zero-order valence-electron chi connectivity index (χ0n) is 7.55. The number of nitrogens with zero attached hydrogens (tertiary/aromatic N) is 1. The number of aliphatic imine (C=N–C) groups is 1. The molecule has 0 aromatic carbocycles. The molecule has 0 aliphatic carbocycles. The van der Waals surface area contributed by atoms with Crippen molar-refractivity contribution in [2.24, 2.45) is 4.99 Å². The molecule has 0 aromatic heterocycles. The quantitative estimate of drug-likeness (QED) is 0.603. The van der Waals surface area contributed by atoms with E-state index in [2.05, 4.69) is 10.3 Å². The third-order valence-electron chi connectivity index (χ3n) is 2.04. The van der Waals surface area contributed by atoms with Crippen LogP contribution in [0.1, 0.15) is 32.1 Å². The summed E-state index contributed by atoms with van der Waals surface area (Å²) in [7, 11) is 0. The van der Waals surface area contributed by atoms with Crippen LogP contribution in [0.3, 0.4) is 0 Å². The highest BCUT2D eigenvalue weighted by atomic mass is 16.2. The van der Waals surface area contributed by atoms with E-state index >= 15 is 0 Å². The van der Waals surface area contributed by atoms with Crippen molar-refractivity contribution in [3.05, 3.63) is 0 Å². The maximum Gasteiger partial charge on any atom is 0.0963 e. The third kappa shape index (κ3) is 3.72. The summed E-state index contributed by atoms with van der Waals surface area (Å²) in [5.74, 6) is 1.18. The Balaban J connectivity index is 1.88. The van der Waals surface area contributed by atoms with Gasteiger partial charge in [0, 0.05) is 26.1 Å². The lowest BCUT2D eigenvalue weighted by atomic mass is 10.2. The molecule has 70 valence electrons. The van der Waals surface area contributed by atoms with Crippen LogP contribution >= 0.6 is 0 Å². The number of aliphatic hydroxyl groups excluding tert-OH is 1. The molecular weight excluding hydrogens is 152 g/mol. The fourth-order valence-corrected chi connectivity index (χ4v) is 1.33. The van der Waals surface area contributed by atoms with Gasteiger partial charge in [0.2, 0.25) is 0 Å². The zero-order valence-corrected chi connectivity index (χ0v) is 7.55. The molecule has 0 spiro atoms. The van der Waals surface area contributed by atoms with Crippen molar-refractivity contribution in [2.75, 3.05) is 19.7 Å². The molecule has 2 N–H and O–H groups in total. The van der Waals surface area contributed by atoms with Crippen LogP contribution in [0.25, 0.3) is 0 Å². The van der Waals surface area contributed by atoms with Gasteiger partial charge < -0.3 is 10.4 Å². The SMILES string of the molecule is OCCCCCNC1=NCCC1. The molecule has 0 aromatic rings. The molecule has 3 heteroatoms. The van der Waals surface area contributed by atoms with Crippen molar-refractivity contribution in [3.63, 3.8) is 0 Å². The van der Waals surface area contributed by atoms with Crippen LogP contribution in [0.2, 0.25) is 0 Å². The lowest BCUT2D eigenvalue weighted by molar-refractivity contribution is 0.283. The van der Waals surface area contributed by atoms with E-state index in [0.717, 1.165) is 38.8 Å². The van der Waals surface area contributed by atoms with Crippen molar-refractivity contribution >= 4 is 5.84 Å². The van der Waals surface area contributed by atoms with Gasteiger partial charge in [-0.05, 0) is 25.7 Å². The van der Waals surface area contributed by atoms with Gasteiger partial charge in [0.25, 0.3) is 0 Å². The monoisotopic (exact) mass is 170 g/mol. The van der Waals surface area contributed by atoms with E-state index in [1.165, 1.54) is 12.3 Å². The Morgan fingerprint density at radius 1 is 1.33 bits per heavy atom. The zero-order chi connectivity index (χ0) is 8.65. The Kier molecular flexibility index (Phi) is 4.76. The van der Waals surface area contributed by atoms with Gasteiger partial charge in [0.15, 0.2) is 0 Å². The Labute approximate surface area is 73.9 Å². The van der Waals surface area contributed by atoms with Gasteiger partial charge in [0.05, 0.1) is 5.84 Å². The van der Waals surface area contributed by atoms with Crippen molar-refractivity contribution in [3.8, 4) is 0 Å². The predicted octanol–water partition coefficient (Wildman–Crippen LogP) is 0.931. The summed E-state index contributed by atoms with van der Waals surface area (Å²) in [6.07, 6.45) is 5.50. The summed E-state index contributed by atoms with van der Waals surface area (Å²) in [5.41, 5.74) is 0. The largest absolute Gasteiger partial charge is 0.396 e. The number of rotatable bonds is 5. The van der Waals surface area contributed by atoms with E-state index in [9.17, 15) is 0 Å². The first-order valence-corrected chi connectivity index (χ1v) is 4.81. The second-order valence-electron chi connectivity index (χ2n) is 3.14. The van der Waals surface area contributed by atoms with Crippen LogP contribution in [0, 0.1) is 0 Å². The lowest BCUT2D eigenvalue weighted by Crippen LogP contribution is -2.22. The maximum absolute atomic E-state index is 8.53. The molecule has 12 heavy (non-hydrogen) atoms. The van der Waals surface area contributed by atoms with Crippen molar-refractivity contribution in [1.29, 1.82) is 0 Å². The minimum Gasteiger partial charge on any atom is -0.396 e. The molecule has 3 nitrogen and oxygen atoms in total. The Morgan fingerprint density at radius 3 is 2.92 bits per heavy atom. The number of unbranched alkanes of at least 4 members (excludes halogenated alkanes) is 2. The highest BCUT2D eigenvalue weighted by Gasteiger charge is 2.03. The number of hydrogen-bond acceptors (Lipinski definition) is 3. The molecule has 0 fully saturated rings. The fraction of sp³-hybridized carbons (Fsp3) is 0.889. The van der Waals surface area contributed by atoms with Crippen molar-refractivity contribution in [2.45, 2.75) is 32.1 Å². The summed E-state index contributed by atoms with van der Waals surface area (Å²) in [4.78, 5) is 4.31. The second kappa shape index (κ2) is 6.00. The van der Waals surface area contributed by atoms with E-state index in [1.807, 2.05) is 0 Å². The smallest absolute Gasteiger partial charge is 0.0963 e. The molecule has 1 aliphatic heterocycles. The van der Waals surface area contributed by atoms with Crippen LogP contribution in [0.15, 0.2) is 4.99 Å². The summed E-state index contributed by atoms with van der Waals surface area (Å²) in [5, 5.41) is 11.8. The molecule has 0 amide bonds. The van der Waals surface area contributed by atoms with Crippen LogP contribution in [0.5, 0.6) is 0 Å². The van der Waals surface area contributed by atoms with E-state index in [1.54, 1.807) is 0 Å². The number of aliphatic hydroxyl groups is 1. The van der Waals surface area contributed by atoms with E-state index < -0.39 is 0 Å². The topological polar surface area (TPSA) is 44.6 Å². The molecule has 0 atom stereocenters. The summed E-state index contributed by atoms with van der Waals surface area (Å²) < 4.78 is 0. The maximum atomic E-state index is 8.53. The predicted molar refractivity (Wildman–Crippen MR) is 50.5 cm³/mol. The summed E-state index contributed by atoms with van der Waals surface area (Å²) in [6, 6.07) is 0. The molecule has 0 saturated carbocycles. The van der Waals surface area contributed by atoms with Crippen molar-refractivity contribution in [1.82, 2.24) is 5.32 Å². The third-order valence-corrected chi connectivity index (χ3v) is 2.04. The molecule has 1 rings (SSSR count). The highest BCUT2D eigenvalue weighted by molar-refractivity contribution is 5.83.